The first-order chi connectivity index (χ1) is 15.3. The molecule has 168 valence electrons. The number of benzene rings is 2. The Morgan fingerprint density at radius 2 is 1.62 bits per heavy atom. The molecule has 32 heavy (non-hydrogen) atoms. The third kappa shape index (κ3) is 4.20. The maximum absolute atomic E-state index is 13.0. The molecule has 0 bridgehead atoms. The monoisotopic (exact) mass is 453 g/mol. The Labute approximate surface area is 188 Å². The summed E-state index contributed by atoms with van der Waals surface area (Å²) >= 11 is 0. The van der Waals surface area contributed by atoms with Gasteiger partial charge in [0.05, 0.1) is 18.2 Å². The summed E-state index contributed by atoms with van der Waals surface area (Å²) in [5.41, 5.74) is 9.79. The summed E-state index contributed by atoms with van der Waals surface area (Å²) in [6.07, 6.45) is 1.30. The van der Waals surface area contributed by atoms with Gasteiger partial charge in [0.15, 0.2) is 0 Å². The fourth-order valence-corrected chi connectivity index (χ4v) is 5.08. The van der Waals surface area contributed by atoms with Crippen molar-refractivity contribution >= 4 is 27.3 Å². The summed E-state index contributed by atoms with van der Waals surface area (Å²) in [5.74, 6) is 0.961. The summed E-state index contributed by atoms with van der Waals surface area (Å²) in [7, 11) is -2.30. The van der Waals surface area contributed by atoms with E-state index >= 15 is 0 Å². The van der Waals surface area contributed by atoms with E-state index < -0.39 is 9.84 Å². The smallest absolute Gasteiger partial charge is 0.227 e. The van der Waals surface area contributed by atoms with Crippen molar-refractivity contribution in [1.82, 2.24) is 9.97 Å². The van der Waals surface area contributed by atoms with Gasteiger partial charge >= 0.3 is 0 Å². The van der Waals surface area contributed by atoms with Crippen LogP contribution >= 0.6 is 0 Å². The first-order valence-electron chi connectivity index (χ1n) is 10.4. The molecule has 2 aromatic carbocycles. The predicted octanol–water partition coefficient (Wildman–Crippen LogP) is 2.84. The normalized spacial score (nSPS) is 14.5. The van der Waals surface area contributed by atoms with Crippen LogP contribution in [0.2, 0.25) is 0 Å². The number of nitrogens with zero attached hydrogens (tertiary/aromatic N) is 4. The molecule has 0 amide bonds. The Hall–Kier alpha value is -3.33. The lowest BCUT2D eigenvalue weighted by molar-refractivity contribution is 0.414. The van der Waals surface area contributed by atoms with Crippen LogP contribution < -0.4 is 20.3 Å². The molecule has 1 aliphatic rings. The number of ether oxygens (including phenoxy) is 1. The lowest BCUT2D eigenvalue weighted by Gasteiger charge is -2.37. The van der Waals surface area contributed by atoms with Crippen molar-refractivity contribution in [1.29, 1.82) is 0 Å². The molecule has 0 radical (unpaired) electrons. The average molecular weight is 454 g/mol. The molecule has 9 heteroatoms. The van der Waals surface area contributed by atoms with E-state index in [9.17, 15) is 8.42 Å². The largest absolute Gasteiger partial charge is 0.497 e. The number of methoxy groups -OCH3 is 1. The molecule has 2 N–H and O–H groups in total. The van der Waals surface area contributed by atoms with Gasteiger partial charge in [-0.2, -0.15) is 4.98 Å². The van der Waals surface area contributed by atoms with Crippen LogP contribution in [0.4, 0.5) is 17.5 Å². The second-order valence-electron chi connectivity index (χ2n) is 7.86. The quantitative estimate of drug-likeness (QED) is 0.629. The van der Waals surface area contributed by atoms with Crippen molar-refractivity contribution in [2.24, 2.45) is 0 Å². The van der Waals surface area contributed by atoms with Gasteiger partial charge in [0.2, 0.25) is 15.8 Å². The molecular formula is C23H27N5O3S. The number of nitrogen functional groups attached to an aromatic ring is 1. The highest BCUT2D eigenvalue weighted by atomic mass is 32.2. The van der Waals surface area contributed by atoms with E-state index in [-0.39, 0.29) is 15.6 Å². The number of sulfone groups is 1. The summed E-state index contributed by atoms with van der Waals surface area (Å²) < 4.78 is 31.0. The molecule has 1 saturated heterocycles. The van der Waals surface area contributed by atoms with Crippen molar-refractivity contribution in [2.45, 2.75) is 23.6 Å². The fourth-order valence-electron chi connectivity index (χ4n) is 3.82. The Morgan fingerprint density at radius 1 is 0.969 bits per heavy atom. The van der Waals surface area contributed by atoms with Gasteiger partial charge in [0.1, 0.15) is 16.5 Å². The molecule has 0 saturated carbocycles. The third-order valence-electron chi connectivity index (χ3n) is 5.70. The minimum atomic E-state index is -3.83. The Balaban J connectivity index is 1.51. The van der Waals surface area contributed by atoms with E-state index in [0.717, 1.165) is 26.2 Å². The van der Waals surface area contributed by atoms with Crippen LogP contribution in [0, 0.1) is 13.8 Å². The maximum Gasteiger partial charge on any atom is 0.227 e. The molecule has 1 aromatic heterocycles. The topological polar surface area (TPSA) is 102 Å². The van der Waals surface area contributed by atoms with E-state index in [4.69, 9.17) is 10.5 Å². The molecule has 2 heterocycles. The van der Waals surface area contributed by atoms with Crippen LogP contribution in [0.3, 0.4) is 0 Å². The third-order valence-corrected chi connectivity index (χ3v) is 7.48. The highest BCUT2D eigenvalue weighted by Gasteiger charge is 2.25. The summed E-state index contributed by atoms with van der Waals surface area (Å²) in [4.78, 5) is 13.1. The summed E-state index contributed by atoms with van der Waals surface area (Å²) in [6, 6.07) is 12.6. The minimum absolute atomic E-state index is 0.0530. The lowest BCUT2D eigenvalue weighted by atomic mass is 10.1. The molecular weight excluding hydrogens is 426 g/mol. The number of aromatic nitrogens is 2. The second-order valence-corrected chi connectivity index (χ2v) is 9.78. The van der Waals surface area contributed by atoms with E-state index in [1.54, 1.807) is 12.1 Å². The van der Waals surface area contributed by atoms with Gasteiger partial charge < -0.3 is 20.3 Å². The number of hydrogen-bond donors (Lipinski definition) is 1. The highest BCUT2D eigenvalue weighted by molar-refractivity contribution is 7.91. The maximum atomic E-state index is 13.0. The molecule has 8 nitrogen and oxygen atoms in total. The van der Waals surface area contributed by atoms with E-state index in [2.05, 4.69) is 46.9 Å². The minimum Gasteiger partial charge on any atom is -0.497 e. The van der Waals surface area contributed by atoms with Crippen LogP contribution in [-0.2, 0) is 9.84 Å². The highest BCUT2D eigenvalue weighted by Crippen LogP contribution is 2.28. The van der Waals surface area contributed by atoms with Crippen LogP contribution in [0.5, 0.6) is 5.75 Å². The first kappa shape index (κ1) is 21.9. The van der Waals surface area contributed by atoms with Gasteiger partial charge in [-0.25, -0.2) is 13.4 Å². The predicted molar refractivity (Wildman–Crippen MR) is 125 cm³/mol. The fraction of sp³-hybridized carbons (Fsp3) is 0.304. The molecule has 1 aliphatic heterocycles. The van der Waals surface area contributed by atoms with Gasteiger partial charge in [-0.3, -0.25) is 0 Å². The zero-order valence-corrected chi connectivity index (χ0v) is 19.3. The second kappa shape index (κ2) is 8.66. The standard InChI is InChI=1S/C23H27N5O3S/c1-16-4-5-17(2)20(14-16)27-10-12-28(13-11-27)23-25-15-21(22(24)26-23)32(29,30)19-8-6-18(31-3)7-9-19/h4-9,14-15H,10-13H2,1-3H3,(H2,24,25,26). The number of aryl methyl sites for hydroxylation is 2. The van der Waals surface area contributed by atoms with Gasteiger partial charge in [-0.15, -0.1) is 0 Å². The molecule has 0 unspecified atom stereocenters. The zero-order valence-electron chi connectivity index (χ0n) is 18.4. The number of hydrogen-bond acceptors (Lipinski definition) is 8. The molecule has 3 aromatic rings. The number of piperazine rings is 1. The Morgan fingerprint density at radius 3 is 2.25 bits per heavy atom. The summed E-state index contributed by atoms with van der Waals surface area (Å²) in [6.45, 7) is 7.29. The van der Waals surface area contributed by atoms with E-state index in [0.29, 0.717) is 11.7 Å². The van der Waals surface area contributed by atoms with Crippen LogP contribution in [0.25, 0.3) is 0 Å². The first-order valence-corrected chi connectivity index (χ1v) is 11.9. The number of nitrogens with two attached hydrogens (primary N) is 1. The van der Waals surface area contributed by atoms with Gasteiger partial charge in [0.25, 0.3) is 0 Å². The number of rotatable bonds is 5. The van der Waals surface area contributed by atoms with Crippen molar-refractivity contribution in [3.8, 4) is 5.75 Å². The van der Waals surface area contributed by atoms with Crippen LogP contribution in [0.15, 0.2) is 58.5 Å². The molecule has 0 spiro atoms. The Kier molecular flexibility index (Phi) is 5.92. The van der Waals surface area contributed by atoms with Gasteiger partial charge in [-0.05, 0) is 55.3 Å². The van der Waals surface area contributed by atoms with Crippen LogP contribution in [-0.4, -0.2) is 51.7 Å². The molecule has 0 aliphatic carbocycles. The Bertz CT molecular complexity index is 1220. The lowest BCUT2D eigenvalue weighted by Crippen LogP contribution is -2.47. The molecule has 1 fully saturated rings. The SMILES string of the molecule is COc1ccc(S(=O)(=O)c2cnc(N3CCN(c4cc(C)ccc4C)CC3)nc2N)cc1. The van der Waals surface area contributed by atoms with Crippen molar-refractivity contribution < 1.29 is 13.2 Å². The zero-order chi connectivity index (χ0) is 22.9. The molecule has 4 rings (SSSR count). The van der Waals surface area contributed by atoms with Gasteiger partial charge in [-0.1, -0.05) is 12.1 Å². The average Bonchev–Trinajstić information content (AvgIpc) is 2.80. The number of anilines is 3. The van der Waals surface area contributed by atoms with Crippen molar-refractivity contribution in [3.63, 3.8) is 0 Å². The summed E-state index contributed by atoms with van der Waals surface area (Å²) in [5, 5.41) is 0. The molecule has 0 atom stereocenters. The van der Waals surface area contributed by atoms with E-state index in [1.807, 2.05) is 4.90 Å². The van der Waals surface area contributed by atoms with Crippen LogP contribution in [0.1, 0.15) is 11.1 Å². The van der Waals surface area contributed by atoms with Crippen molar-refractivity contribution in [3.05, 3.63) is 59.8 Å². The van der Waals surface area contributed by atoms with E-state index in [1.165, 1.54) is 42.3 Å². The van der Waals surface area contributed by atoms with Gasteiger partial charge in [0, 0.05) is 31.9 Å². The van der Waals surface area contributed by atoms with Crippen molar-refractivity contribution in [2.75, 3.05) is 48.8 Å².